The zero-order valence-corrected chi connectivity index (χ0v) is 13.8. The minimum absolute atomic E-state index is 0.248. The van der Waals surface area contributed by atoms with Gasteiger partial charge in [-0.2, -0.15) is 0 Å². The largest absolute Gasteiger partial charge is 0.325 e. The van der Waals surface area contributed by atoms with Crippen molar-refractivity contribution < 1.29 is 4.39 Å². The van der Waals surface area contributed by atoms with Crippen molar-refractivity contribution in [1.82, 2.24) is 14.9 Å². The van der Waals surface area contributed by atoms with Crippen LogP contribution in [-0.2, 0) is 13.1 Å². The summed E-state index contributed by atoms with van der Waals surface area (Å²) in [5.74, 6) is -0.248. The van der Waals surface area contributed by atoms with Gasteiger partial charge in [-0.1, -0.05) is 12.1 Å². The van der Waals surface area contributed by atoms with Crippen molar-refractivity contribution in [2.45, 2.75) is 13.1 Å². The Morgan fingerprint density at radius 3 is 2.50 bits per heavy atom. The third-order valence-electron chi connectivity index (χ3n) is 3.47. The van der Waals surface area contributed by atoms with Crippen LogP contribution in [0.25, 0.3) is 10.4 Å². The smallest absolute Gasteiger partial charge is 0.310 e. The molecule has 0 aliphatic heterocycles. The molecule has 124 valence electrons. The highest BCUT2D eigenvalue weighted by atomic mass is 32.1. The van der Waals surface area contributed by atoms with E-state index in [1.165, 1.54) is 18.2 Å². The number of thiophene rings is 1. The molecule has 2 aromatic heterocycles. The maximum atomic E-state index is 13.0. The monoisotopic (exact) mass is 345 g/mol. The normalized spacial score (nSPS) is 11.1. The number of nitrogens with zero attached hydrogens (tertiary/aromatic N) is 1. The molecule has 0 amide bonds. The fourth-order valence-corrected chi connectivity index (χ4v) is 3.54. The first-order valence-corrected chi connectivity index (χ1v) is 8.17. The Morgan fingerprint density at radius 2 is 1.79 bits per heavy atom. The zero-order chi connectivity index (χ0) is 17.1. The van der Waals surface area contributed by atoms with E-state index in [9.17, 15) is 14.0 Å². The number of halogens is 1. The Bertz CT molecular complexity index is 915. The van der Waals surface area contributed by atoms with E-state index in [-0.39, 0.29) is 5.82 Å². The minimum Gasteiger partial charge on any atom is -0.310 e. The van der Waals surface area contributed by atoms with Crippen LogP contribution in [0.1, 0.15) is 10.6 Å². The number of nitrogens with one attached hydrogen (secondary N) is 2. The van der Waals surface area contributed by atoms with Gasteiger partial charge in [-0.25, -0.2) is 9.18 Å². The van der Waals surface area contributed by atoms with Crippen LogP contribution in [0.4, 0.5) is 4.39 Å². The lowest BCUT2D eigenvalue weighted by atomic mass is 10.2. The molecule has 7 heteroatoms. The third kappa shape index (κ3) is 4.06. The summed E-state index contributed by atoms with van der Waals surface area (Å²) < 4.78 is 13.0. The summed E-state index contributed by atoms with van der Waals surface area (Å²) in [4.78, 5) is 31.6. The van der Waals surface area contributed by atoms with Crippen molar-refractivity contribution >= 4 is 11.3 Å². The van der Waals surface area contributed by atoms with E-state index >= 15 is 0 Å². The number of H-pyrrole nitrogens is 2. The molecular weight excluding hydrogens is 329 g/mol. The molecule has 0 aliphatic carbocycles. The summed E-state index contributed by atoms with van der Waals surface area (Å²) in [6.07, 6.45) is 0. The minimum atomic E-state index is -0.499. The van der Waals surface area contributed by atoms with E-state index in [1.807, 2.05) is 24.1 Å². The van der Waals surface area contributed by atoms with Crippen LogP contribution in [0.2, 0.25) is 0 Å². The first-order chi connectivity index (χ1) is 11.5. The molecule has 0 atom stereocenters. The van der Waals surface area contributed by atoms with Crippen LogP contribution in [-0.4, -0.2) is 21.9 Å². The highest BCUT2D eigenvalue weighted by Crippen LogP contribution is 2.28. The summed E-state index contributed by atoms with van der Waals surface area (Å²) in [7, 11) is 1.91. The van der Waals surface area contributed by atoms with E-state index in [4.69, 9.17) is 0 Å². The van der Waals surface area contributed by atoms with Crippen molar-refractivity contribution in [3.63, 3.8) is 0 Å². The van der Waals surface area contributed by atoms with Crippen LogP contribution < -0.4 is 11.2 Å². The van der Waals surface area contributed by atoms with Gasteiger partial charge in [0.15, 0.2) is 0 Å². The second kappa shape index (κ2) is 6.94. The summed E-state index contributed by atoms with van der Waals surface area (Å²) in [6.45, 7) is 1.14. The number of rotatable bonds is 5. The molecule has 0 saturated carbocycles. The Balaban J connectivity index is 1.68. The van der Waals surface area contributed by atoms with E-state index in [2.05, 4.69) is 9.97 Å². The van der Waals surface area contributed by atoms with Gasteiger partial charge in [0, 0.05) is 34.6 Å². The predicted octanol–water partition coefficient (Wildman–Crippen LogP) is 2.56. The Hall–Kier alpha value is -2.51. The summed E-state index contributed by atoms with van der Waals surface area (Å²) in [5.41, 5.74) is 0.647. The molecule has 3 aromatic rings. The maximum Gasteiger partial charge on any atom is 0.325 e. The van der Waals surface area contributed by atoms with Crippen LogP contribution in [0.5, 0.6) is 0 Å². The number of hydrogen-bond donors (Lipinski definition) is 2. The van der Waals surface area contributed by atoms with Crippen molar-refractivity contribution in [3.05, 3.63) is 79.7 Å². The van der Waals surface area contributed by atoms with Gasteiger partial charge in [0.05, 0.1) is 0 Å². The average molecular weight is 345 g/mol. The predicted molar refractivity (Wildman–Crippen MR) is 92.6 cm³/mol. The van der Waals surface area contributed by atoms with Crippen LogP contribution >= 0.6 is 11.3 Å². The molecule has 24 heavy (non-hydrogen) atoms. The van der Waals surface area contributed by atoms with Crippen molar-refractivity contribution in [1.29, 1.82) is 0 Å². The molecule has 0 radical (unpaired) electrons. The molecule has 0 spiro atoms. The van der Waals surface area contributed by atoms with Crippen molar-refractivity contribution in [3.8, 4) is 10.4 Å². The highest BCUT2D eigenvalue weighted by Gasteiger charge is 2.07. The summed E-state index contributed by atoms with van der Waals surface area (Å²) in [6, 6.07) is 11.8. The molecule has 1 aromatic carbocycles. The van der Waals surface area contributed by atoms with Gasteiger partial charge < -0.3 is 4.98 Å². The van der Waals surface area contributed by atoms with Gasteiger partial charge in [-0.05, 0) is 36.9 Å². The fourth-order valence-electron chi connectivity index (χ4n) is 2.45. The molecule has 2 heterocycles. The van der Waals surface area contributed by atoms with Gasteiger partial charge in [0.1, 0.15) is 5.82 Å². The summed E-state index contributed by atoms with van der Waals surface area (Å²) in [5, 5.41) is 0. The Morgan fingerprint density at radius 1 is 1.04 bits per heavy atom. The van der Waals surface area contributed by atoms with Gasteiger partial charge in [-0.15, -0.1) is 11.3 Å². The molecule has 2 N–H and O–H groups in total. The molecule has 5 nitrogen and oxygen atoms in total. The second-order valence-electron chi connectivity index (χ2n) is 5.56. The van der Waals surface area contributed by atoms with E-state index < -0.39 is 11.2 Å². The maximum absolute atomic E-state index is 13.0. The zero-order valence-electron chi connectivity index (χ0n) is 13.0. The summed E-state index contributed by atoms with van der Waals surface area (Å²) >= 11 is 1.63. The molecule has 0 unspecified atom stereocenters. The Labute approximate surface area is 141 Å². The van der Waals surface area contributed by atoms with Crippen LogP contribution in [0.3, 0.4) is 0 Å². The molecule has 0 aliphatic rings. The lowest BCUT2D eigenvalue weighted by Crippen LogP contribution is -2.26. The van der Waals surface area contributed by atoms with E-state index in [0.717, 1.165) is 15.3 Å². The number of hydrogen-bond acceptors (Lipinski definition) is 4. The van der Waals surface area contributed by atoms with Crippen molar-refractivity contribution in [2.24, 2.45) is 0 Å². The Kier molecular flexibility index (Phi) is 4.73. The van der Waals surface area contributed by atoms with Gasteiger partial charge in [-0.3, -0.25) is 14.7 Å². The number of benzene rings is 1. The quantitative estimate of drug-likeness (QED) is 0.747. The highest BCUT2D eigenvalue weighted by molar-refractivity contribution is 7.15. The topological polar surface area (TPSA) is 69.0 Å². The standard InChI is InChI=1S/C17H16FN3O2S/c1-21(9-13-8-16(22)20-17(23)19-13)10-14-6-7-15(24-14)11-2-4-12(18)5-3-11/h2-8H,9-10H2,1H3,(H2,19,20,22,23). The molecular formula is C17H16FN3O2S. The van der Waals surface area contributed by atoms with Gasteiger partial charge in [0.25, 0.3) is 5.56 Å². The van der Waals surface area contributed by atoms with Crippen molar-refractivity contribution in [2.75, 3.05) is 7.05 Å². The lowest BCUT2D eigenvalue weighted by molar-refractivity contribution is 0.317. The molecule has 0 fully saturated rings. The third-order valence-corrected chi connectivity index (χ3v) is 4.59. The van der Waals surface area contributed by atoms with Crippen LogP contribution in [0.15, 0.2) is 52.1 Å². The van der Waals surface area contributed by atoms with E-state index in [1.54, 1.807) is 23.5 Å². The van der Waals surface area contributed by atoms with Crippen LogP contribution in [0, 0.1) is 5.82 Å². The lowest BCUT2D eigenvalue weighted by Gasteiger charge is -2.15. The first-order valence-electron chi connectivity index (χ1n) is 7.35. The number of aromatic nitrogens is 2. The van der Waals surface area contributed by atoms with Gasteiger partial charge in [0.2, 0.25) is 0 Å². The first kappa shape index (κ1) is 16.4. The SMILES string of the molecule is CN(Cc1cc(=O)[nH]c(=O)[nH]1)Cc1ccc(-c2ccc(F)cc2)s1. The molecule has 0 bridgehead atoms. The molecule has 3 rings (SSSR count). The molecule has 0 saturated heterocycles. The number of aromatic amines is 2. The fraction of sp³-hybridized carbons (Fsp3) is 0.176. The van der Waals surface area contributed by atoms with E-state index in [0.29, 0.717) is 18.8 Å². The van der Waals surface area contributed by atoms with Gasteiger partial charge >= 0.3 is 5.69 Å². The average Bonchev–Trinajstić information content (AvgIpc) is 2.95. The second-order valence-corrected chi connectivity index (χ2v) is 6.73.